The van der Waals surface area contributed by atoms with Crippen molar-refractivity contribution in [2.24, 2.45) is 11.1 Å². The monoisotopic (exact) mass is 454 g/mol. The summed E-state index contributed by atoms with van der Waals surface area (Å²) in [6.07, 6.45) is 2.23. The van der Waals surface area contributed by atoms with E-state index in [1.807, 2.05) is 24.9 Å². The van der Waals surface area contributed by atoms with Gasteiger partial charge in [0.05, 0.1) is 0 Å². The van der Waals surface area contributed by atoms with E-state index in [4.69, 9.17) is 10.7 Å². The first-order valence-electron chi connectivity index (χ1n) is 11.7. The number of anilines is 4. The number of nitrogens with one attached hydrogen (secondary N) is 2. The lowest BCUT2D eigenvalue weighted by atomic mass is 9.96. The molecule has 1 amide bonds. The Morgan fingerprint density at radius 3 is 2.64 bits per heavy atom. The molecule has 4 N–H and O–H groups in total. The third kappa shape index (κ3) is 7.02. The van der Waals surface area contributed by atoms with Crippen molar-refractivity contribution in [1.82, 2.24) is 19.9 Å². The standard InChI is InChI=1S/C24H38N8O/c1-7-32-12-8-9-18(14-32)26-21-28-22(30-23(29-21)31(6)15-24(3,4)5)27-19-13-17(20(25)33)11-10-16(19)2/h10-11,13,18H,7-9,12,14-15H2,1-6H3,(H2,25,33)(H2,26,27,28,29,30)/t18-/m0/s1. The van der Waals surface area contributed by atoms with Gasteiger partial charge in [-0.3, -0.25) is 4.79 Å². The Morgan fingerprint density at radius 1 is 1.24 bits per heavy atom. The summed E-state index contributed by atoms with van der Waals surface area (Å²) in [6.45, 7) is 14.6. The van der Waals surface area contributed by atoms with Crippen molar-refractivity contribution in [3.8, 4) is 0 Å². The van der Waals surface area contributed by atoms with Gasteiger partial charge < -0.3 is 26.2 Å². The number of aryl methyl sites for hydroxylation is 1. The van der Waals surface area contributed by atoms with Gasteiger partial charge in [-0.05, 0) is 56.0 Å². The van der Waals surface area contributed by atoms with Crippen LogP contribution in [0.25, 0.3) is 0 Å². The highest BCUT2D eigenvalue weighted by Crippen LogP contribution is 2.24. The predicted molar refractivity (Wildman–Crippen MR) is 134 cm³/mol. The molecule has 1 aromatic carbocycles. The Kier molecular flexibility index (Phi) is 7.73. The number of benzene rings is 1. The molecule has 1 saturated heterocycles. The molecule has 0 unspecified atom stereocenters. The quantitative estimate of drug-likeness (QED) is 0.556. The van der Waals surface area contributed by atoms with E-state index >= 15 is 0 Å². The van der Waals surface area contributed by atoms with E-state index in [1.54, 1.807) is 12.1 Å². The highest BCUT2D eigenvalue weighted by Gasteiger charge is 2.22. The van der Waals surface area contributed by atoms with Crippen LogP contribution >= 0.6 is 0 Å². The zero-order valence-electron chi connectivity index (χ0n) is 20.8. The summed E-state index contributed by atoms with van der Waals surface area (Å²) in [7, 11) is 1.99. The second kappa shape index (κ2) is 10.3. The maximum Gasteiger partial charge on any atom is 0.248 e. The molecular weight excluding hydrogens is 416 g/mol. The summed E-state index contributed by atoms with van der Waals surface area (Å²) < 4.78 is 0. The molecule has 0 saturated carbocycles. The summed E-state index contributed by atoms with van der Waals surface area (Å²) in [4.78, 5) is 30.2. The number of aromatic nitrogens is 3. The summed E-state index contributed by atoms with van der Waals surface area (Å²) in [5.74, 6) is 1.10. The molecule has 9 heteroatoms. The SMILES string of the molecule is CCN1CCC[C@H](Nc2nc(Nc3cc(C(N)=O)ccc3C)nc(N(C)CC(C)(C)C)n2)C1. The van der Waals surface area contributed by atoms with Crippen LogP contribution in [0.4, 0.5) is 23.5 Å². The van der Waals surface area contributed by atoms with E-state index < -0.39 is 5.91 Å². The summed E-state index contributed by atoms with van der Waals surface area (Å²) in [5, 5.41) is 6.81. The van der Waals surface area contributed by atoms with Crippen molar-refractivity contribution >= 4 is 29.4 Å². The lowest BCUT2D eigenvalue weighted by Gasteiger charge is -2.32. The predicted octanol–water partition coefficient (Wildman–Crippen LogP) is 3.40. The van der Waals surface area contributed by atoms with Gasteiger partial charge in [0.15, 0.2) is 0 Å². The lowest BCUT2D eigenvalue weighted by Crippen LogP contribution is -2.42. The minimum atomic E-state index is -0.473. The molecule has 180 valence electrons. The lowest BCUT2D eigenvalue weighted by molar-refractivity contribution is 0.100. The Hall–Kier alpha value is -2.94. The molecule has 1 atom stereocenters. The van der Waals surface area contributed by atoms with Gasteiger partial charge in [0, 0.05) is 37.4 Å². The first-order chi connectivity index (χ1) is 15.5. The van der Waals surface area contributed by atoms with E-state index in [0.29, 0.717) is 23.4 Å². The summed E-state index contributed by atoms with van der Waals surface area (Å²) in [6, 6.07) is 5.59. The number of nitrogens with two attached hydrogens (primary N) is 1. The van der Waals surface area contributed by atoms with E-state index in [0.717, 1.165) is 50.3 Å². The fourth-order valence-corrected chi connectivity index (χ4v) is 4.11. The number of amides is 1. The number of carbonyl (C=O) groups is 1. The van der Waals surface area contributed by atoms with Crippen LogP contribution in [0, 0.1) is 12.3 Å². The molecule has 2 aromatic rings. The Morgan fingerprint density at radius 2 is 1.97 bits per heavy atom. The van der Waals surface area contributed by atoms with Gasteiger partial charge in [-0.25, -0.2) is 0 Å². The van der Waals surface area contributed by atoms with Crippen molar-refractivity contribution in [3.05, 3.63) is 29.3 Å². The smallest absolute Gasteiger partial charge is 0.248 e. The number of piperidine rings is 1. The average molecular weight is 455 g/mol. The van der Waals surface area contributed by atoms with Crippen molar-refractivity contribution < 1.29 is 4.79 Å². The van der Waals surface area contributed by atoms with Gasteiger partial charge in [-0.15, -0.1) is 0 Å². The van der Waals surface area contributed by atoms with Crippen LogP contribution in [0.5, 0.6) is 0 Å². The molecular formula is C24H38N8O. The van der Waals surface area contributed by atoms with E-state index in [-0.39, 0.29) is 11.5 Å². The molecule has 0 radical (unpaired) electrons. The molecule has 1 aliphatic heterocycles. The maximum atomic E-state index is 11.7. The second-order valence-electron chi connectivity index (χ2n) is 10.1. The zero-order chi connectivity index (χ0) is 24.2. The first kappa shape index (κ1) is 24.7. The van der Waals surface area contributed by atoms with E-state index in [9.17, 15) is 4.79 Å². The molecule has 33 heavy (non-hydrogen) atoms. The number of likely N-dealkylation sites (tertiary alicyclic amines) is 1. The van der Waals surface area contributed by atoms with Crippen LogP contribution in [-0.4, -0.2) is 65.0 Å². The van der Waals surface area contributed by atoms with Crippen LogP contribution in [-0.2, 0) is 0 Å². The average Bonchev–Trinajstić information content (AvgIpc) is 2.74. The number of primary amides is 1. The zero-order valence-corrected chi connectivity index (χ0v) is 20.8. The molecule has 2 heterocycles. The van der Waals surface area contributed by atoms with E-state index in [1.165, 1.54) is 0 Å². The Bertz CT molecular complexity index is 971. The molecule has 1 aliphatic rings. The number of likely N-dealkylation sites (N-methyl/N-ethyl adjacent to an activating group) is 1. The van der Waals surface area contributed by atoms with Gasteiger partial charge in [0.25, 0.3) is 0 Å². The van der Waals surface area contributed by atoms with Crippen molar-refractivity contribution in [2.75, 3.05) is 48.8 Å². The number of hydrogen-bond acceptors (Lipinski definition) is 8. The van der Waals surface area contributed by atoms with Gasteiger partial charge in [0.2, 0.25) is 23.8 Å². The van der Waals surface area contributed by atoms with Crippen molar-refractivity contribution in [2.45, 2.75) is 53.5 Å². The van der Waals surface area contributed by atoms with Gasteiger partial charge in [0.1, 0.15) is 0 Å². The third-order valence-electron chi connectivity index (χ3n) is 5.73. The maximum absolute atomic E-state index is 11.7. The third-order valence-corrected chi connectivity index (χ3v) is 5.73. The molecule has 3 rings (SSSR count). The van der Waals surface area contributed by atoms with Gasteiger partial charge >= 0.3 is 0 Å². The van der Waals surface area contributed by atoms with Crippen LogP contribution in [0.15, 0.2) is 18.2 Å². The molecule has 0 spiro atoms. The number of hydrogen-bond donors (Lipinski definition) is 3. The largest absolute Gasteiger partial charge is 0.366 e. The van der Waals surface area contributed by atoms with Crippen molar-refractivity contribution in [3.63, 3.8) is 0 Å². The highest BCUT2D eigenvalue weighted by atomic mass is 16.1. The fraction of sp³-hybridized carbons (Fsp3) is 0.583. The second-order valence-corrected chi connectivity index (χ2v) is 10.1. The fourth-order valence-electron chi connectivity index (χ4n) is 4.11. The molecule has 9 nitrogen and oxygen atoms in total. The van der Waals surface area contributed by atoms with E-state index in [2.05, 4.69) is 53.2 Å². The number of rotatable bonds is 8. The Labute approximate surface area is 197 Å². The highest BCUT2D eigenvalue weighted by molar-refractivity contribution is 5.94. The normalized spacial score (nSPS) is 17.0. The first-order valence-corrected chi connectivity index (χ1v) is 11.7. The Balaban J connectivity index is 1.91. The van der Waals surface area contributed by atoms with Crippen molar-refractivity contribution in [1.29, 1.82) is 0 Å². The molecule has 1 aromatic heterocycles. The van der Waals surface area contributed by atoms with Crippen LogP contribution in [0.3, 0.4) is 0 Å². The molecule has 0 bridgehead atoms. The van der Waals surface area contributed by atoms with Gasteiger partial charge in [-0.1, -0.05) is 33.8 Å². The molecule has 1 fully saturated rings. The van der Waals surface area contributed by atoms with Crippen LogP contribution < -0.4 is 21.3 Å². The minimum Gasteiger partial charge on any atom is -0.366 e. The topological polar surface area (TPSA) is 112 Å². The number of nitrogens with zero attached hydrogens (tertiary/aromatic N) is 5. The molecule has 0 aliphatic carbocycles. The minimum absolute atomic E-state index is 0.0833. The summed E-state index contributed by atoms with van der Waals surface area (Å²) in [5.41, 5.74) is 7.69. The van der Waals surface area contributed by atoms with Crippen LogP contribution in [0.1, 0.15) is 56.5 Å². The summed E-state index contributed by atoms with van der Waals surface area (Å²) >= 11 is 0. The number of carbonyl (C=O) groups excluding carboxylic acids is 1. The van der Waals surface area contributed by atoms with Gasteiger partial charge in [-0.2, -0.15) is 15.0 Å². The van der Waals surface area contributed by atoms with Crippen LogP contribution in [0.2, 0.25) is 0 Å².